The van der Waals surface area contributed by atoms with Crippen LogP contribution in [0.25, 0.3) is 22.7 Å². The molecular weight excluding hydrogens is 522 g/mol. The third kappa shape index (κ3) is 7.47. The number of hydrogen-bond acceptors (Lipinski definition) is 7. The smallest absolute Gasteiger partial charge is 0.333 e. The van der Waals surface area contributed by atoms with E-state index in [1.54, 1.807) is 69.3 Å². The first-order valence-corrected chi connectivity index (χ1v) is 13.6. The van der Waals surface area contributed by atoms with E-state index in [4.69, 9.17) is 9.15 Å². The van der Waals surface area contributed by atoms with Gasteiger partial charge in [0.15, 0.2) is 6.04 Å². The molecule has 0 bridgehead atoms. The van der Waals surface area contributed by atoms with Crippen LogP contribution in [-0.4, -0.2) is 44.6 Å². The molecule has 0 unspecified atom stereocenters. The fraction of sp³-hybridized carbons (Fsp3) is 0.323. The Hall–Kier alpha value is -4.73. The number of carbonyl (C=O) groups is 3. The van der Waals surface area contributed by atoms with Gasteiger partial charge in [-0.2, -0.15) is 5.10 Å². The number of rotatable bonds is 10. The number of ether oxygens (including phenoxy) is 1. The number of nitrogens with zero attached hydrogens (tertiary/aromatic N) is 2. The standard InChI is InChI=1S/C31H35N5O5/c1-6-22(7-2)33-27(37)24-17-23(35-36-24)20-14-11-15-21(16-20)29-32-18-25(40-29)28(38)34-26(19-12-9-8-10-13-19)30(39)41-31(3,4)5/h8-18,22,26H,6-7H2,1-5H3,(H,33,37)(H,34,38)(H,35,36)/t26-/m0/s1. The number of benzene rings is 2. The summed E-state index contributed by atoms with van der Waals surface area (Å²) < 4.78 is 11.3. The lowest BCUT2D eigenvalue weighted by Gasteiger charge is -2.24. The fourth-order valence-corrected chi connectivity index (χ4v) is 4.15. The number of H-pyrrole nitrogens is 1. The van der Waals surface area contributed by atoms with Crippen molar-refractivity contribution in [1.29, 1.82) is 0 Å². The first-order valence-electron chi connectivity index (χ1n) is 13.6. The fourth-order valence-electron chi connectivity index (χ4n) is 4.15. The van der Waals surface area contributed by atoms with E-state index in [-0.39, 0.29) is 23.6 Å². The lowest BCUT2D eigenvalue weighted by Crippen LogP contribution is -2.38. The summed E-state index contributed by atoms with van der Waals surface area (Å²) in [5.74, 6) is -1.25. The van der Waals surface area contributed by atoms with E-state index < -0.39 is 23.5 Å². The average Bonchev–Trinajstić information content (AvgIpc) is 3.65. The molecule has 10 heteroatoms. The van der Waals surface area contributed by atoms with E-state index in [9.17, 15) is 14.4 Å². The van der Waals surface area contributed by atoms with Gasteiger partial charge in [-0.05, 0) is 57.4 Å². The molecule has 2 aromatic carbocycles. The maximum Gasteiger partial charge on any atom is 0.333 e. The number of amides is 2. The highest BCUT2D eigenvalue weighted by Gasteiger charge is 2.29. The number of oxazole rings is 1. The lowest BCUT2D eigenvalue weighted by molar-refractivity contribution is -0.157. The molecular formula is C31H35N5O5. The normalized spacial score (nSPS) is 12.1. The quantitative estimate of drug-likeness (QED) is 0.220. The van der Waals surface area contributed by atoms with Gasteiger partial charge in [0.25, 0.3) is 11.8 Å². The van der Waals surface area contributed by atoms with Crippen molar-refractivity contribution in [2.24, 2.45) is 0 Å². The zero-order valence-electron chi connectivity index (χ0n) is 23.9. The predicted octanol–water partition coefficient (Wildman–Crippen LogP) is 5.46. The minimum Gasteiger partial charge on any atom is -0.458 e. The Balaban J connectivity index is 1.51. The van der Waals surface area contributed by atoms with Gasteiger partial charge in [-0.25, -0.2) is 9.78 Å². The minimum atomic E-state index is -1.03. The lowest BCUT2D eigenvalue weighted by atomic mass is 10.1. The first-order chi connectivity index (χ1) is 19.6. The maximum atomic E-state index is 13.1. The van der Waals surface area contributed by atoms with Gasteiger partial charge >= 0.3 is 5.97 Å². The second-order valence-electron chi connectivity index (χ2n) is 10.6. The molecule has 0 fully saturated rings. The maximum absolute atomic E-state index is 13.1. The summed E-state index contributed by atoms with van der Waals surface area (Å²) in [6.07, 6.45) is 2.99. The number of esters is 1. The van der Waals surface area contributed by atoms with Crippen LogP contribution < -0.4 is 10.6 Å². The van der Waals surface area contributed by atoms with Crippen LogP contribution in [0.15, 0.2) is 71.3 Å². The van der Waals surface area contributed by atoms with Crippen molar-refractivity contribution in [2.45, 2.75) is 65.1 Å². The molecule has 1 atom stereocenters. The SMILES string of the molecule is CCC(CC)NC(=O)c1cc(-c2cccc(-c3ncc(C(=O)N[C@H](C(=O)OC(C)(C)C)c4ccccc4)o3)c2)n[nH]1. The third-order valence-electron chi connectivity index (χ3n) is 6.33. The topological polar surface area (TPSA) is 139 Å². The van der Waals surface area contributed by atoms with E-state index in [0.29, 0.717) is 22.5 Å². The summed E-state index contributed by atoms with van der Waals surface area (Å²) in [5, 5.41) is 12.8. The molecule has 2 amide bonds. The highest BCUT2D eigenvalue weighted by Crippen LogP contribution is 2.26. The number of aromatic nitrogens is 3. The van der Waals surface area contributed by atoms with Crippen molar-refractivity contribution >= 4 is 17.8 Å². The first kappa shape index (κ1) is 29.3. The highest BCUT2D eigenvalue weighted by atomic mass is 16.6. The molecule has 0 saturated carbocycles. The Morgan fingerprint density at radius 3 is 2.32 bits per heavy atom. The van der Waals surface area contributed by atoms with E-state index in [2.05, 4.69) is 25.8 Å². The Kier molecular flexibility index (Phi) is 9.01. The predicted molar refractivity (Wildman–Crippen MR) is 154 cm³/mol. The van der Waals surface area contributed by atoms with Crippen LogP contribution >= 0.6 is 0 Å². The van der Waals surface area contributed by atoms with Crippen LogP contribution in [-0.2, 0) is 9.53 Å². The zero-order chi connectivity index (χ0) is 29.6. The van der Waals surface area contributed by atoms with Gasteiger partial charge in [0.1, 0.15) is 11.3 Å². The number of nitrogens with one attached hydrogen (secondary N) is 3. The molecule has 0 spiro atoms. The van der Waals surface area contributed by atoms with Crippen LogP contribution in [0.1, 0.15) is 80.1 Å². The molecule has 41 heavy (non-hydrogen) atoms. The van der Waals surface area contributed by atoms with Crippen LogP contribution in [0.3, 0.4) is 0 Å². The van der Waals surface area contributed by atoms with Gasteiger partial charge in [0.2, 0.25) is 11.7 Å². The summed E-state index contributed by atoms with van der Waals surface area (Å²) >= 11 is 0. The summed E-state index contributed by atoms with van der Waals surface area (Å²) in [6, 6.07) is 16.9. The molecule has 0 aliphatic heterocycles. The van der Waals surface area contributed by atoms with Crippen molar-refractivity contribution in [2.75, 3.05) is 0 Å². The van der Waals surface area contributed by atoms with Crippen molar-refractivity contribution in [3.05, 3.63) is 83.9 Å². The van der Waals surface area contributed by atoms with Gasteiger partial charge in [0, 0.05) is 17.2 Å². The summed E-state index contributed by atoms with van der Waals surface area (Å²) in [5.41, 5.74) is 2.14. The van der Waals surface area contributed by atoms with Crippen LogP contribution in [0.4, 0.5) is 0 Å². The van der Waals surface area contributed by atoms with Crippen LogP contribution in [0, 0.1) is 0 Å². The Labute approximate surface area is 238 Å². The van der Waals surface area contributed by atoms with Crippen LogP contribution in [0.5, 0.6) is 0 Å². The molecule has 0 saturated heterocycles. The monoisotopic (exact) mass is 557 g/mol. The molecule has 0 radical (unpaired) electrons. The molecule has 0 aliphatic rings. The molecule has 0 aliphatic carbocycles. The number of aromatic amines is 1. The second-order valence-corrected chi connectivity index (χ2v) is 10.6. The van der Waals surface area contributed by atoms with Crippen molar-refractivity contribution in [1.82, 2.24) is 25.8 Å². The molecule has 214 valence electrons. The van der Waals surface area contributed by atoms with Gasteiger partial charge in [-0.15, -0.1) is 0 Å². The minimum absolute atomic E-state index is 0.0602. The van der Waals surface area contributed by atoms with Gasteiger partial charge < -0.3 is 19.8 Å². The van der Waals surface area contributed by atoms with Crippen molar-refractivity contribution in [3.63, 3.8) is 0 Å². The van der Waals surface area contributed by atoms with Gasteiger partial charge in [0.05, 0.1) is 11.9 Å². The molecule has 4 aromatic rings. The third-order valence-corrected chi connectivity index (χ3v) is 6.33. The average molecular weight is 558 g/mol. The summed E-state index contributed by atoms with van der Waals surface area (Å²) in [4.78, 5) is 42.9. The molecule has 2 heterocycles. The number of carbonyl (C=O) groups excluding carboxylic acids is 3. The molecule has 10 nitrogen and oxygen atoms in total. The molecule has 2 aromatic heterocycles. The van der Waals surface area contributed by atoms with E-state index in [1.165, 1.54) is 6.20 Å². The summed E-state index contributed by atoms with van der Waals surface area (Å²) in [6.45, 7) is 9.34. The van der Waals surface area contributed by atoms with Gasteiger partial charge in [-0.1, -0.05) is 56.3 Å². The zero-order valence-corrected chi connectivity index (χ0v) is 23.9. The molecule has 4 rings (SSSR count). The largest absolute Gasteiger partial charge is 0.458 e. The second kappa shape index (κ2) is 12.6. The Bertz CT molecular complexity index is 1500. The molecule has 3 N–H and O–H groups in total. The Morgan fingerprint density at radius 1 is 0.927 bits per heavy atom. The van der Waals surface area contributed by atoms with E-state index >= 15 is 0 Å². The number of hydrogen-bond donors (Lipinski definition) is 3. The van der Waals surface area contributed by atoms with E-state index in [1.807, 2.05) is 26.0 Å². The van der Waals surface area contributed by atoms with Gasteiger partial charge in [-0.3, -0.25) is 14.7 Å². The van der Waals surface area contributed by atoms with Crippen LogP contribution in [0.2, 0.25) is 0 Å². The van der Waals surface area contributed by atoms with Crippen molar-refractivity contribution in [3.8, 4) is 22.7 Å². The Morgan fingerprint density at radius 2 is 1.63 bits per heavy atom. The summed E-state index contributed by atoms with van der Waals surface area (Å²) in [7, 11) is 0. The van der Waals surface area contributed by atoms with Crippen molar-refractivity contribution < 1.29 is 23.5 Å². The van der Waals surface area contributed by atoms with E-state index in [0.717, 1.165) is 18.4 Å². The highest BCUT2D eigenvalue weighted by molar-refractivity contribution is 5.95.